The van der Waals surface area contributed by atoms with Gasteiger partial charge >= 0.3 is 0 Å². The van der Waals surface area contributed by atoms with Gasteiger partial charge in [-0.1, -0.05) is 124 Å². The van der Waals surface area contributed by atoms with E-state index in [0.29, 0.717) is 10.6 Å². The van der Waals surface area contributed by atoms with Crippen LogP contribution in [0.3, 0.4) is 0 Å². The minimum absolute atomic E-state index is 0.0226. The third kappa shape index (κ3) is 6.40. The molecular weight excluding hydrogens is 522 g/mol. The van der Waals surface area contributed by atoms with Crippen molar-refractivity contribution in [2.24, 2.45) is 0 Å². The number of anilines is 2. The lowest BCUT2D eigenvalue weighted by molar-refractivity contribution is -0.115. The molecule has 0 radical (unpaired) electrons. The van der Waals surface area contributed by atoms with Gasteiger partial charge in [-0.3, -0.25) is 9.69 Å². The molecule has 5 aromatic rings. The fraction of sp³-hybridized carbons (Fsp3) is 0.139. The number of nitriles is 1. The smallest absolute Gasteiger partial charge is 0.241 e. The second kappa shape index (κ2) is 12.2. The Morgan fingerprint density at radius 2 is 1.32 bits per heavy atom. The monoisotopic (exact) mass is 553 g/mol. The number of benzene rings is 4. The van der Waals surface area contributed by atoms with Gasteiger partial charge in [0.05, 0.1) is 17.0 Å². The van der Waals surface area contributed by atoms with E-state index in [1.165, 1.54) is 17.3 Å². The number of aromatic nitrogens is 1. The highest BCUT2D eigenvalue weighted by Gasteiger charge is 2.22. The highest BCUT2D eigenvalue weighted by Crippen LogP contribution is 2.36. The van der Waals surface area contributed by atoms with E-state index in [1.807, 2.05) is 97.1 Å². The maximum absolute atomic E-state index is 13.8. The molecule has 1 heterocycles. The van der Waals surface area contributed by atoms with Gasteiger partial charge in [-0.05, 0) is 46.9 Å². The fourth-order valence-corrected chi connectivity index (χ4v) is 5.51. The zero-order chi connectivity index (χ0) is 28.8. The number of carbonyl (C=O) groups is 1. The number of thioether (sulfide) groups is 1. The molecule has 0 spiro atoms. The molecule has 4 aromatic carbocycles. The van der Waals surface area contributed by atoms with Crippen LogP contribution in [0.5, 0.6) is 0 Å². The van der Waals surface area contributed by atoms with Crippen LogP contribution in [-0.4, -0.2) is 16.6 Å². The van der Waals surface area contributed by atoms with E-state index in [0.717, 1.165) is 33.8 Å². The van der Waals surface area contributed by atoms with Gasteiger partial charge in [0.1, 0.15) is 11.1 Å². The van der Waals surface area contributed by atoms with Crippen LogP contribution in [0, 0.1) is 11.3 Å². The zero-order valence-corrected chi connectivity index (χ0v) is 24.2. The normalized spacial score (nSPS) is 11.1. The van der Waals surface area contributed by atoms with Crippen molar-refractivity contribution in [2.45, 2.75) is 31.2 Å². The first-order valence-corrected chi connectivity index (χ1v) is 14.5. The maximum Gasteiger partial charge on any atom is 0.241 e. The molecule has 41 heavy (non-hydrogen) atoms. The van der Waals surface area contributed by atoms with Crippen LogP contribution >= 0.6 is 11.8 Å². The van der Waals surface area contributed by atoms with Gasteiger partial charge in [-0.2, -0.15) is 5.26 Å². The summed E-state index contributed by atoms with van der Waals surface area (Å²) in [6.45, 7) is 6.55. The van der Waals surface area contributed by atoms with Crippen molar-refractivity contribution in [3.63, 3.8) is 0 Å². The van der Waals surface area contributed by atoms with Gasteiger partial charge in [-0.25, -0.2) is 4.98 Å². The Hall–Kier alpha value is -4.66. The van der Waals surface area contributed by atoms with Gasteiger partial charge in [-0.15, -0.1) is 0 Å². The topological polar surface area (TPSA) is 57.0 Å². The molecule has 0 saturated heterocycles. The molecule has 5 rings (SSSR count). The molecule has 0 saturated carbocycles. The molecule has 0 bridgehead atoms. The summed E-state index contributed by atoms with van der Waals surface area (Å²) < 4.78 is 0. The standard InChI is InChI=1S/C36H31N3OS/c1-36(2,3)28-21-19-26(20-22-28)31-23-33(27-13-7-4-8-14-27)38-35(32(31)24-37)41-25-34(40)39(29-15-9-5-10-16-29)30-17-11-6-12-18-30/h4-23H,25H2,1-3H3. The number of hydrogen-bond acceptors (Lipinski definition) is 4. The Morgan fingerprint density at radius 3 is 1.83 bits per heavy atom. The quantitative estimate of drug-likeness (QED) is 0.189. The van der Waals surface area contributed by atoms with E-state index >= 15 is 0 Å². The summed E-state index contributed by atoms with van der Waals surface area (Å²) in [6, 6.07) is 41.9. The minimum atomic E-state index is -0.0979. The predicted molar refractivity (Wildman–Crippen MR) is 169 cm³/mol. The highest BCUT2D eigenvalue weighted by molar-refractivity contribution is 8.00. The van der Waals surface area contributed by atoms with E-state index in [2.05, 4.69) is 51.1 Å². The van der Waals surface area contributed by atoms with Crippen LogP contribution in [0.1, 0.15) is 31.9 Å². The lowest BCUT2D eigenvalue weighted by Crippen LogP contribution is -2.27. The van der Waals surface area contributed by atoms with Crippen LogP contribution in [-0.2, 0) is 10.2 Å². The lowest BCUT2D eigenvalue weighted by Gasteiger charge is -2.23. The predicted octanol–water partition coefficient (Wildman–Crippen LogP) is 9.04. The second-order valence-electron chi connectivity index (χ2n) is 10.7. The van der Waals surface area contributed by atoms with Crippen LogP contribution in [0.4, 0.5) is 11.4 Å². The molecule has 4 nitrogen and oxygen atoms in total. The summed E-state index contributed by atoms with van der Waals surface area (Å²) >= 11 is 1.30. The van der Waals surface area contributed by atoms with E-state index < -0.39 is 0 Å². The van der Waals surface area contributed by atoms with Crippen molar-refractivity contribution in [3.05, 3.63) is 132 Å². The molecule has 0 fully saturated rings. The van der Waals surface area contributed by atoms with Crippen LogP contribution < -0.4 is 4.90 Å². The largest absolute Gasteiger partial charge is 0.280 e. The van der Waals surface area contributed by atoms with Crippen LogP contribution in [0.2, 0.25) is 0 Å². The number of para-hydroxylation sites is 2. The number of hydrogen-bond donors (Lipinski definition) is 0. The molecular formula is C36H31N3OS. The number of rotatable bonds is 7. The summed E-state index contributed by atoms with van der Waals surface area (Å²) in [5.41, 5.74) is 6.75. The summed E-state index contributed by atoms with van der Waals surface area (Å²) in [4.78, 5) is 20.4. The van der Waals surface area contributed by atoms with Crippen molar-refractivity contribution in [1.82, 2.24) is 4.98 Å². The van der Waals surface area contributed by atoms with Gasteiger partial charge in [0.2, 0.25) is 5.91 Å². The second-order valence-corrected chi connectivity index (χ2v) is 11.7. The minimum Gasteiger partial charge on any atom is -0.280 e. The molecule has 1 amide bonds. The first-order chi connectivity index (χ1) is 19.8. The summed E-state index contributed by atoms with van der Waals surface area (Å²) in [6.07, 6.45) is 0. The molecule has 5 heteroatoms. The fourth-order valence-electron chi connectivity index (χ4n) is 4.65. The Balaban J connectivity index is 1.54. The summed E-state index contributed by atoms with van der Waals surface area (Å²) in [5, 5.41) is 10.9. The SMILES string of the molecule is CC(C)(C)c1ccc(-c2cc(-c3ccccc3)nc(SCC(=O)N(c3ccccc3)c3ccccc3)c2C#N)cc1. The third-order valence-electron chi connectivity index (χ3n) is 6.84. The average Bonchev–Trinajstić information content (AvgIpc) is 3.01. The maximum atomic E-state index is 13.8. The van der Waals surface area contributed by atoms with Gasteiger partial charge in [0.25, 0.3) is 0 Å². The zero-order valence-electron chi connectivity index (χ0n) is 23.4. The van der Waals surface area contributed by atoms with Crippen molar-refractivity contribution in [2.75, 3.05) is 10.7 Å². The molecule has 0 aliphatic carbocycles. The third-order valence-corrected chi connectivity index (χ3v) is 7.80. The van der Waals surface area contributed by atoms with E-state index in [-0.39, 0.29) is 17.1 Å². The van der Waals surface area contributed by atoms with E-state index in [1.54, 1.807) is 4.90 Å². The number of carbonyl (C=O) groups excluding carboxylic acids is 1. The highest BCUT2D eigenvalue weighted by atomic mass is 32.2. The lowest BCUT2D eigenvalue weighted by atomic mass is 9.86. The number of pyridine rings is 1. The van der Waals surface area contributed by atoms with Crippen LogP contribution in [0.25, 0.3) is 22.4 Å². The van der Waals surface area contributed by atoms with E-state index in [9.17, 15) is 10.1 Å². The summed E-state index contributed by atoms with van der Waals surface area (Å²) in [5.74, 6) is 0.0193. The first kappa shape index (κ1) is 27.9. The van der Waals surface area contributed by atoms with Crippen molar-refractivity contribution < 1.29 is 4.79 Å². The van der Waals surface area contributed by atoms with Gasteiger partial charge in [0, 0.05) is 22.5 Å². The number of nitrogens with zero attached hydrogens (tertiary/aromatic N) is 3. The van der Waals surface area contributed by atoms with E-state index in [4.69, 9.17) is 4.98 Å². The molecule has 1 aromatic heterocycles. The van der Waals surface area contributed by atoms with Gasteiger partial charge < -0.3 is 0 Å². The summed E-state index contributed by atoms with van der Waals surface area (Å²) in [7, 11) is 0. The Kier molecular flexibility index (Phi) is 8.33. The number of amides is 1. The van der Waals surface area contributed by atoms with Gasteiger partial charge in [0.15, 0.2) is 0 Å². The molecule has 0 unspecified atom stereocenters. The Bertz CT molecular complexity index is 1630. The van der Waals surface area contributed by atoms with Crippen molar-refractivity contribution >= 4 is 29.0 Å². The Labute approximate surface area is 246 Å². The Morgan fingerprint density at radius 1 is 0.780 bits per heavy atom. The van der Waals surface area contributed by atoms with Crippen molar-refractivity contribution in [3.8, 4) is 28.5 Å². The first-order valence-electron chi connectivity index (χ1n) is 13.5. The molecule has 0 atom stereocenters. The molecule has 0 aliphatic rings. The average molecular weight is 554 g/mol. The van der Waals surface area contributed by atoms with Crippen molar-refractivity contribution in [1.29, 1.82) is 5.26 Å². The van der Waals surface area contributed by atoms with Crippen LogP contribution in [0.15, 0.2) is 126 Å². The molecule has 0 aliphatic heterocycles. The molecule has 202 valence electrons. The molecule has 0 N–H and O–H groups in total.